The molecular formula is C16H17ClO. The molecule has 0 saturated heterocycles. The minimum absolute atomic E-state index is 0.146. The second kappa shape index (κ2) is 4.24. The van der Waals surface area contributed by atoms with E-state index in [1.165, 1.54) is 18.4 Å². The van der Waals surface area contributed by atoms with Crippen molar-refractivity contribution < 1.29 is 4.79 Å². The number of hydrogen-bond acceptors (Lipinski definition) is 1. The molecule has 18 heavy (non-hydrogen) atoms. The van der Waals surface area contributed by atoms with Crippen molar-refractivity contribution in [2.45, 2.75) is 32.6 Å². The molecule has 1 aromatic carbocycles. The SMILES string of the molecule is C[C@@]12CCCC[C@@H]1C(c1ccc(Cl)cc1)=CC2=O. The Hall–Kier alpha value is -1.08. The first-order chi connectivity index (χ1) is 8.61. The molecule has 1 nitrogen and oxygen atoms in total. The zero-order valence-corrected chi connectivity index (χ0v) is 11.3. The molecule has 3 rings (SSSR count). The van der Waals surface area contributed by atoms with Crippen LogP contribution in [0.4, 0.5) is 0 Å². The van der Waals surface area contributed by atoms with Gasteiger partial charge in [0, 0.05) is 10.4 Å². The van der Waals surface area contributed by atoms with E-state index in [0.29, 0.717) is 11.7 Å². The zero-order valence-electron chi connectivity index (χ0n) is 10.6. The molecule has 0 spiro atoms. The monoisotopic (exact) mass is 260 g/mol. The van der Waals surface area contributed by atoms with Crippen LogP contribution in [0.15, 0.2) is 30.3 Å². The average molecular weight is 261 g/mol. The summed E-state index contributed by atoms with van der Waals surface area (Å²) in [6.07, 6.45) is 6.46. The lowest BCUT2D eigenvalue weighted by Gasteiger charge is -2.36. The molecule has 0 aliphatic heterocycles. The van der Waals surface area contributed by atoms with Crippen LogP contribution in [-0.4, -0.2) is 5.78 Å². The maximum atomic E-state index is 12.3. The lowest BCUT2D eigenvalue weighted by Crippen LogP contribution is -2.33. The van der Waals surface area contributed by atoms with Crippen LogP contribution in [0.25, 0.3) is 5.57 Å². The Balaban J connectivity index is 2.00. The topological polar surface area (TPSA) is 17.1 Å². The van der Waals surface area contributed by atoms with E-state index in [4.69, 9.17) is 11.6 Å². The molecule has 0 N–H and O–H groups in total. The Labute approximate surface area is 113 Å². The van der Waals surface area contributed by atoms with Crippen LogP contribution in [0.5, 0.6) is 0 Å². The smallest absolute Gasteiger partial charge is 0.162 e. The van der Waals surface area contributed by atoms with Crippen LogP contribution in [0.1, 0.15) is 38.2 Å². The number of benzene rings is 1. The first-order valence-corrected chi connectivity index (χ1v) is 7.01. The van der Waals surface area contributed by atoms with E-state index in [9.17, 15) is 4.79 Å². The van der Waals surface area contributed by atoms with Crippen molar-refractivity contribution in [3.05, 3.63) is 40.9 Å². The lowest BCUT2D eigenvalue weighted by atomic mass is 9.66. The highest BCUT2D eigenvalue weighted by Crippen LogP contribution is 2.52. The van der Waals surface area contributed by atoms with Crippen LogP contribution < -0.4 is 0 Å². The van der Waals surface area contributed by atoms with Gasteiger partial charge in [0.1, 0.15) is 0 Å². The molecule has 2 aliphatic rings. The quantitative estimate of drug-likeness (QED) is 0.726. The summed E-state index contributed by atoms with van der Waals surface area (Å²) in [6.45, 7) is 2.14. The van der Waals surface area contributed by atoms with Crippen molar-refractivity contribution in [3.63, 3.8) is 0 Å². The first-order valence-electron chi connectivity index (χ1n) is 6.63. The minimum Gasteiger partial charge on any atom is -0.294 e. The third kappa shape index (κ3) is 1.73. The Morgan fingerprint density at radius 1 is 1.22 bits per heavy atom. The fraction of sp³-hybridized carbons (Fsp3) is 0.438. The summed E-state index contributed by atoms with van der Waals surface area (Å²) >= 11 is 5.93. The number of fused-ring (bicyclic) bond motifs is 1. The van der Waals surface area contributed by atoms with Crippen molar-refractivity contribution in [1.82, 2.24) is 0 Å². The van der Waals surface area contributed by atoms with E-state index < -0.39 is 0 Å². The van der Waals surface area contributed by atoms with E-state index >= 15 is 0 Å². The van der Waals surface area contributed by atoms with Gasteiger partial charge in [0.25, 0.3) is 0 Å². The third-order valence-electron chi connectivity index (χ3n) is 4.61. The Morgan fingerprint density at radius 2 is 1.94 bits per heavy atom. The van der Waals surface area contributed by atoms with E-state index in [1.807, 2.05) is 30.3 Å². The van der Waals surface area contributed by atoms with Gasteiger partial charge in [0.2, 0.25) is 0 Å². The van der Waals surface area contributed by atoms with E-state index in [2.05, 4.69) is 6.92 Å². The van der Waals surface area contributed by atoms with Crippen LogP contribution in [0.2, 0.25) is 5.02 Å². The summed E-state index contributed by atoms with van der Waals surface area (Å²) < 4.78 is 0. The van der Waals surface area contributed by atoms with Gasteiger partial charge in [0.15, 0.2) is 5.78 Å². The van der Waals surface area contributed by atoms with Gasteiger partial charge in [-0.3, -0.25) is 4.79 Å². The molecule has 1 fully saturated rings. The molecule has 0 bridgehead atoms. The Bertz CT molecular complexity index is 514. The molecule has 2 aliphatic carbocycles. The van der Waals surface area contributed by atoms with Gasteiger partial charge in [-0.25, -0.2) is 0 Å². The molecule has 0 aromatic heterocycles. The molecule has 94 valence electrons. The summed E-state index contributed by atoms with van der Waals surface area (Å²) in [6, 6.07) is 7.87. The maximum absolute atomic E-state index is 12.3. The van der Waals surface area contributed by atoms with Crippen molar-refractivity contribution in [3.8, 4) is 0 Å². The van der Waals surface area contributed by atoms with Gasteiger partial charge in [-0.1, -0.05) is 43.5 Å². The number of carbonyl (C=O) groups excluding carboxylic acids is 1. The van der Waals surface area contributed by atoms with E-state index in [1.54, 1.807) is 0 Å². The molecule has 0 heterocycles. The number of allylic oxidation sites excluding steroid dienone is 2. The van der Waals surface area contributed by atoms with Crippen LogP contribution in [0, 0.1) is 11.3 Å². The molecule has 0 unspecified atom stereocenters. The van der Waals surface area contributed by atoms with Gasteiger partial charge in [0.05, 0.1) is 0 Å². The summed E-state index contributed by atoms with van der Waals surface area (Å²) in [5.74, 6) is 0.720. The summed E-state index contributed by atoms with van der Waals surface area (Å²) in [5, 5.41) is 0.745. The Morgan fingerprint density at radius 3 is 2.67 bits per heavy atom. The van der Waals surface area contributed by atoms with Crippen molar-refractivity contribution in [2.75, 3.05) is 0 Å². The highest BCUT2D eigenvalue weighted by Gasteiger charge is 2.47. The predicted molar refractivity (Wildman–Crippen MR) is 74.5 cm³/mol. The van der Waals surface area contributed by atoms with Crippen molar-refractivity contribution in [1.29, 1.82) is 0 Å². The van der Waals surface area contributed by atoms with Gasteiger partial charge in [-0.15, -0.1) is 0 Å². The van der Waals surface area contributed by atoms with Crippen molar-refractivity contribution in [2.24, 2.45) is 11.3 Å². The number of carbonyl (C=O) groups is 1. The fourth-order valence-electron chi connectivity index (χ4n) is 3.46. The van der Waals surface area contributed by atoms with Gasteiger partial charge >= 0.3 is 0 Å². The number of ketones is 1. The first kappa shape index (κ1) is 12.0. The number of halogens is 1. The zero-order chi connectivity index (χ0) is 12.8. The molecule has 1 saturated carbocycles. The average Bonchev–Trinajstić information content (AvgIpc) is 2.63. The largest absolute Gasteiger partial charge is 0.294 e. The maximum Gasteiger partial charge on any atom is 0.162 e. The van der Waals surface area contributed by atoms with Gasteiger partial charge < -0.3 is 0 Å². The predicted octanol–water partition coefficient (Wildman–Crippen LogP) is 4.50. The van der Waals surface area contributed by atoms with Crippen LogP contribution in [-0.2, 0) is 4.79 Å². The molecular weight excluding hydrogens is 244 g/mol. The number of hydrogen-bond donors (Lipinski definition) is 0. The second-order valence-electron chi connectivity index (χ2n) is 5.69. The summed E-state index contributed by atoms with van der Waals surface area (Å²) in [5.41, 5.74) is 2.23. The molecule has 2 heteroatoms. The molecule has 0 radical (unpaired) electrons. The highest BCUT2D eigenvalue weighted by molar-refractivity contribution is 6.30. The van der Waals surface area contributed by atoms with Crippen LogP contribution >= 0.6 is 11.6 Å². The second-order valence-corrected chi connectivity index (χ2v) is 6.12. The van der Waals surface area contributed by atoms with Gasteiger partial charge in [-0.05, 0) is 48.1 Å². The summed E-state index contributed by atoms with van der Waals surface area (Å²) in [4.78, 5) is 12.3. The standard InChI is InChI=1S/C16H17ClO/c1-16-9-3-2-4-14(16)13(10-15(16)18)11-5-7-12(17)8-6-11/h5-8,10,14H,2-4,9H2,1H3/t14-,16-/m1/s1. The summed E-state index contributed by atoms with van der Waals surface area (Å²) in [7, 11) is 0. The molecule has 0 amide bonds. The number of rotatable bonds is 1. The minimum atomic E-state index is -0.146. The fourth-order valence-corrected chi connectivity index (χ4v) is 3.59. The van der Waals surface area contributed by atoms with Crippen LogP contribution in [0.3, 0.4) is 0 Å². The van der Waals surface area contributed by atoms with Crippen molar-refractivity contribution >= 4 is 23.0 Å². The highest BCUT2D eigenvalue weighted by atomic mass is 35.5. The van der Waals surface area contributed by atoms with E-state index in [-0.39, 0.29) is 5.41 Å². The van der Waals surface area contributed by atoms with Gasteiger partial charge in [-0.2, -0.15) is 0 Å². The normalized spacial score (nSPS) is 31.1. The third-order valence-corrected chi connectivity index (χ3v) is 4.86. The lowest BCUT2D eigenvalue weighted by molar-refractivity contribution is -0.124. The molecule has 2 atom stereocenters. The van der Waals surface area contributed by atoms with E-state index in [0.717, 1.165) is 23.4 Å². The molecule has 1 aromatic rings. The Kier molecular flexibility index (Phi) is 2.82.